The zero-order valence-corrected chi connectivity index (χ0v) is 10.2. The van der Waals surface area contributed by atoms with Crippen molar-refractivity contribution in [3.05, 3.63) is 23.3 Å². The number of anilines is 2. The minimum Gasteiger partial charge on any atom is -0.384 e. The highest BCUT2D eigenvalue weighted by Gasteiger charge is 2.14. The van der Waals surface area contributed by atoms with Crippen molar-refractivity contribution in [1.82, 2.24) is 0 Å². The molecule has 2 heterocycles. The van der Waals surface area contributed by atoms with Crippen molar-refractivity contribution in [2.45, 2.75) is 13.3 Å². The summed E-state index contributed by atoms with van der Waals surface area (Å²) in [7, 11) is 0. The number of thioether (sulfide) groups is 1. The monoisotopic (exact) mass is 233 g/mol. The quantitative estimate of drug-likeness (QED) is 0.782. The second-order valence-corrected chi connectivity index (χ2v) is 5.25. The first kappa shape index (κ1) is 10.0. The highest BCUT2D eigenvalue weighted by molar-refractivity contribution is 8.14. The second-order valence-electron chi connectivity index (χ2n) is 4.16. The molecule has 0 radical (unpaired) electrons. The van der Waals surface area contributed by atoms with Gasteiger partial charge in [-0.3, -0.25) is 4.99 Å². The third kappa shape index (κ3) is 1.78. The number of amidine groups is 1. The largest absolute Gasteiger partial charge is 0.384 e. The number of benzene rings is 1. The van der Waals surface area contributed by atoms with Gasteiger partial charge >= 0.3 is 0 Å². The Morgan fingerprint density at radius 2 is 2.38 bits per heavy atom. The van der Waals surface area contributed by atoms with E-state index in [9.17, 15) is 0 Å². The minimum atomic E-state index is 0.943. The second kappa shape index (κ2) is 4.01. The van der Waals surface area contributed by atoms with Crippen LogP contribution in [0.2, 0.25) is 0 Å². The van der Waals surface area contributed by atoms with Crippen molar-refractivity contribution in [3.8, 4) is 0 Å². The molecule has 3 nitrogen and oxygen atoms in total. The van der Waals surface area contributed by atoms with E-state index in [0.29, 0.717) is 0 Å². The normalized spacial score (nSPS) is 17.9. The average molecular weight is 233 g/mol. The molecule has 0 aromatic heterocycles. The van der Waals surface area contributed by atoms with E-state index in [4.69, 9.17) is 0 Å². The van der Waals surface area contributed by atoms with Crippen LogP contribution in [0.3, 0.4) is 0 Å². The molecule has 1 aromatic rings. The number of nitrogens with one attached hydrogen (secondary N) is 2. The molecule has 0 bridgehead atoms. The molecule has 4 heteroatoms. The minimum absolute atomic E-state index is 0.943. The molecular weight excluding hydrogens is 218 g/mol. The number of fused-ring (bicyclic) bond motifs is 1. The van der Waals surface area contributed by atoms with E-state index in [2.05, 4.69) is 34.7 Å². The van der Waals surface area contributed by atoms with E-state index in [1.165, 1.54) is 22.5 Å². The first-order valence-corrected chi connectivity index (χ1v) is 6.63. The van der Waals surface area contributed by atoms with Crippen LogP contribution in [0.25, 0.3) is 0 Å². The summed E-state index contributed by atoms with van der Waals surface area (Å²) in [5.41, 5.74) is 5.24. The van der Waals surface area contributed by atoms with Crippen molar-refractivity contribution >= 4 is 28.3 Å². The predicted molar refractivity (Wildman–Crippen MR) is 71.8 cm³/mol. The molecule has 0 saturated heterocycles. The molecule has 0 unspecified atom stereocenters. The van der Waals surface area contributed by atoms with Crippen LogP contribution in [0.15, 0.2) is 17.1 Å². The van der Waals surface area contributed by atoms with E-state index >= 15 is 0 Å². The van der Waals surface area contributed by atoms with E-state index in [0.717, 1.165) is 30.4 Å². The molecule has 84 valence electrons. The molecule has 1 aromatic carbocycles. The third-order valence-electron chi connectivity index (χ3n) is 2.95. The van der Waals surface area contributed by atoms with Gasteiger partial charge in [0.15, 0.2) is 5.17 Å². The Morgan fingerprint density at radius 3 is 3.19 bits per heavy atom. The molecule has 2 N–H and O–H groups in total. The van der Waals surface area contributed by atoms with Crippen molar-refractivity contribution in [3.63, 3.8) is 0 Å². The third-order valence-corrected chi connectivity index (χ3v) is 3.84. The van der Waals surface area contributed by atoms with Gasteiger partial charge in [-0.1, -0.05) is 11.8 Å². The van der Waals surface area contributed by atoms with E-state index < -0.39 is 0 Å². The molecule has 0 fully saturated rings. The van der Waals surface area contributed by atoms with Crippen LogP contribution in [-0.4, -0.2) is 24.0 Å². The maximum absolute atomic E-state index is 4.41. The summed E-state index contributed by atoms with van der Waals surface area (Å²) < 4.78 is 0. The van der Waals surface area contributed by atoms with Gasteiger partial charge in [-0.25, -0.2) is 0 Å². The van der Waals surface area contributed by atoms with Crippen LogP contribution >= 0.6 is 11.8 Å². The number of nitrogens with zero attached hydrogens (tertiary/aromatic N) is 1. The van der Waals surface area contributed by atoms with Gasteiger partial charge in [-0.2, -0.15) is 0 Å². The summed E-state index contributed by atoms with van der Waals surface area (Å²) in [5.74, 6) is 1.10. The summed E-state index contributed by atoms with van der Waals surface area (Å²) in [6.45, 7) is 4.17. The molecule has 2 aliphatic rings. The van der Waals surface area contributed by atoms with Crippen LogP contribution in [0.5, 0.6) is 0 Å². The lowest BCUT2D eigenvalue weighted by Crippen LogP contribution is -2.05. The smallest absolute Gasteiger partial charge is 0.161 e. The van der Waals surface area contributed by atoms with Crippen molar-refractivity contribution < 1.29 is 0 Å². The molecule has 0 saturated carbocycles. The summed E-state index contributed by atoms with van der Waals surface area (Å²) in [6, 6.07) is 4.43. The van der Waals surface area contributed by atoms with Crippen LogP contribution in [0.1, 0.15) is 11.1 Å². The molecule has 0 atom stereocenters. The van der Waals surface area contributed by atoms with Gasteiger partial charge in [-0.05, 0) is 36.6 Å². The summed E-state index contributed by atoms with van der Waals surface area (Å²) in [5, 5.41) is 7.88. The Morgan fingerprint density at radius 1 is 1.44 bits per heavy atom. The van der Waals surface area contributed by atoms with Gasteiger partial charge in [0.05, 0.1) is 6.54 Å². The SMILES string of the molecule is Cc1cc(NC2=NCCS2)cc2c1NCC2. The van der Waals surface area contributed by atoms with Crippen molar-refractivity contribution in [2.75, 3.05) is 29.5 Å². The van der Waals surface area contributed by atoms with Gasteiger partial charge in [0.25, 0.3) is 0 Å². The maximum atomic E-state index is 4.41. The summed E-state index contributed by atoms with van der Waals surface area (Å²) >= 11 is 1.80. The Bertz CT molecular complexity index is 454. The molecule has 3 rings (SSSR count). The fourth-order valence-electron chi connectivity index (χ4n) is 2.24. The van der Waals surface area contributed by atoms with Gasteiger partial charge in [0.1, 0.15) is 0 Å². The Kier molecular flexibility index (Phi) is 2.52. The van der Waals surface area contributed by atoms with Crippen LogP contribution in [0, 0.1) is 6.92 Å². The average Bonchev–Trinajstić information content (AvgIpc) is 2.87. The molecule has 0 amide bonds. The van der Waals surface area contributed by atoms with E-state index in [-0.39, 0.29) is 0 Å². The van der Waals surface area contributed by atoms with Crippen molar-refractivity contribution in [2.24, 2.45) is 4.99 Å². The fourth-order valence-corrected chi connectivity index (χ4v) is 2.99. The van der Waals surface area contributed by atoms with Gasteiger partial charge < -0.3 is 10.6 Å². The van der Waals surface area contributed by atoms with Gasteiger partial charge in [0, 0.05) is 23.7 Å². The number of hydrogen-bond acceptors (Lipinski definition) is 4. The molecule has 0 spiro atoms. The Labute approximate surface area is 99.7 Å². The summed E-state index contributed by atoms with van der Waals surface area (Å²) in [6.07, 6.45) is 1.13. The van der Waals surface area contributed by atoms with Crippen molar-refractivity contribution in [1.29, 1.82) is 0 Å². The van der Waals surface area contributed by atoms with Crippen LogP contribution in [-0.2, 0) is 6.42 Å². The molecule has 16 heavy (non-hydrogen) atoms. The number of rotatable bonds is 1. The Hall–Kier alpha value is -1.16. The molecule has 2 aliphatic heterocycles. The van der Waals surface area contributed by atoms with Gasteiger partial charge in [0.2, 0.25) is 0 Å². The topological polar surface area (TPSA) is 36.4 Å². The first-order chi connectivity index (χ1) is 7.83. The van der Waals surface area contributed by atoms with E-state index in [1.807, 2.05) is 0 Å². The van der Waals surface area contributed by atoms with Gasteiger partial charge in [-0.15, -0.1) is 0 Å². The lowest BCUT2D eigenvalue weighted by molar-refractivity contribution is 1.11. The molecular formula is C12H15N3S. The maximum Gasteiger partial charge on any atom is 0.161 e. The zero-order valence-electron chi connectivity index (χ0n) is 9.34. The zero-order chi connectivity index (χ0) is 11.0. The highest BCUT2D eigenvalue weighted by Crippen LogP contribution is 2.30. The highest BCUT2D eigenvalue weighted by atomic mass is 32.2. The first-order valence-electron chi connectivity index (χ1n) is 5.64. The van der Waals surface area contributed by atoms with Crippen LogP contribution < -0.4 is 10.6 Å². The van der Waals surface area contributed by atoms with Crippen LogP contribution in [0.4, 0.5) is 11.4 Å². The lowest BCUT2D eigenvalue weighted by atomic mass is 10.1. The standard InChI is InChI=1S/C12H15N3S/c1-8-6-10(15-12-14-4-5-16-12)7-9-2-3-13-11(8)9/h6-7,13H,2-5H2,1H3,(H,14,15). The number of aliphatic imine (C=N–C) groups is 1. The number of aryl methyl sites for hydroxylation is 1. The predicted octanol–water partition coefficient (Wildman–Crippen LogP) is 2.48. The fraction of sp³-hybridized carbons (Fsp3) is 0.417. The summed E-state index contributed by atoms with van der Waals surface area (Å²) in [4.78, 5) is 4.41. The van der Waals surface area contributed by atoms with E-state index in [1.54, 1.807) is 11.8 Å². The lowest BCUT2D eigenvalue weighted by Gasteiger charge is -2.10. The number of hydrogen-bond donors (Lipinski definition) is 2. The Balaban J connectivity index is 1.88. The molecule has 0 aliphatic carbocycles.